The van der Waals surface area contributed by atoms with Crippen molar-refractivity contribution >= 4 is 41.5 Å². The van der Waals surface area contributed by atoms with Crippen LogP contribution in [0.4, 0.5) is 5.69 Å². The van der Waals surface area contributed by atoms with Crippen LogP contribution >= 0.6 is 24.0 Å². The first-order chi connectivity index (χ1) is 14.1. The van der Waals surface area contributed by atoms with Crippen LogP contribution in [0, 0.1) is 0 Å². The van der Waals surface area contributed by atoms with Crippen LogP contribution in [0.5, 0.6) is 5.75 Å². The summed E-state index contributed by atoms with van der Waals surface area (Å²) in [5, 5.41) is 6.98. The van der Waals surface area contributed by atoms with Crippen LogP contribution in [-0.2, 0) is 4.79 Å². The lowest BCUT2D eigenvalue weighted by atomic mass is 10.2. The first-order valence-corrected chi connectivity index (χ1v) is 10.4. The molecule has 2 N–H and O–H groups in total. The second-order valence-electron chi connectivity index (χ2n) is 7.59. The lowest BCUT2D eigenvalue weighted by molar-refractivity contribution is -0.130. The van der Waals surface area contributed by atoms with E-state index in [9.17, 15) is 4.79 Å². The van der Waals surface area contributed by atoms with Crippen LogP contribution in [0.15, 0.2) is 29.3 Å². The maximum Gasteiger partial charge on any atom is 0.219 e. The fourth-order valence-electron chi connectivity index (χ4n) is 3.99. The summed E-state index contributed by atoms with van der Waals surface area (Å²) in [5.41, 5.74) is 1.15. The largest absolute Gasteiger partial charge is 0.495 e. The van der Waals surface area contributed by atoms with Gasteiger partial charge in [-0.2, -0.15) is 0 Å². The predicted octanol–water partition coefficient (Wildman–Crippen LogP) is 1.22. The Morgan fingerprint density at radius 2 is 1.93 bits per heavy atom. The molecule has 2 fully saturated rings. The monoisotopic (exact) mass is 530 g/mol. The summed E-state index contributed by atoms with van der Waals surface area (Å²) in [7, 11) is 3.53. The molecule has 2 aliphatic rings. The fourth-order valence-corrected chi connectivity index (χ4v) is 3.99. The van der Waals surface area contributed by atoms with Crippen LogP contribution < -0.4 is 20.3 Å². The molecule has 1 amide bonds. The van der Waals surface area contributed by atoms with Gasteiger partial charge in [0.1, 0.15) is 5.75 Å². The average molecular weight is 530 g/mol. The Balaban J connectivity index is 0.00000320. The standard InChI is InChI=1S/C21H34N6O2.HI/c1-17(28)26-14-12-25(13-15-26)11-9-23-21(22-2)24-18-8-10-27(16-18)19-6-4-5-7-20(19)29-3;/h4-7,18H,8-16H2,1-3H3,(H2,22,23,24);1H. The molecule has 2 heterocycles. The molecule has 0 aliphatic carbocycles. The molecule has 2 aliphatic heterocycles. The number of halogens is 1. The van der Waals surface area contributed by atoms with Gasteiger partial charge in [0, 0.05) is 72.4 Å². The molecule has 0 saturated carbocycles. The Kier molecular flexibility index (Phi) is 9.96. The highest BCUT2D eigenvalue weighted by atomic mass is 127. The number of aliphatic imine (C=N–C) groups is 1. The van der Waals surface area contributed by atoms with Gasteiger partial charge in [0.25, 0.3) is 0 Å². The molecule has 1 atom stereocenters. The maximum atomic E-state index is 11.4. The minimum absolute atomic E-state index is 0. The smallest absolute Gasteiger partial charge is 0.219 e. The van der Waals surface area contributed by atoms with E-state index >= 15 is 0 Å². The van der Waals surface area contributed by atoms with Gasteiger partial charge < -0.3 is 25.2 Å². The van der Waals surface area contributed by atoms with E-state index in [4.69, 9.17) is 4.74 Å². The summed E-state index contributed by atoms with van der Waals surface area (Å²) in [5.74, 6) is 1.94. The van der Waals surface area contributed by atoms with Crippen molar-refractivity contribution in [1.29, 1.82) is 0 Å². The van der Waals surface area contributed by atoms with Crippen LogP contribution in [-0.4, -0.2) is 94.2 Å². The zero-order valence-corrected chi connectivity index (χ0v) is 20.6. The second kappa shape index (κ2) is 12.2. The average Bonchev–Trinajstić information content (AvgIpc) is 3.21. The molecular formula is C21H35IN6O2. The summed E-state index contributed by atoms with van der Waals surface area (Å²) in [6.07, 6.45) is 1.06. The number of guanidine groups is 1. The number of nitrogens with one attached hydrogen (secondary N) is 2. The summed E-state index contributed by atoms with van der Waals surface area (Å²) in [4.78, 5) is 22.5. The Morgan fingerprint density at radius 3 is 2.60 bits per heavy atom. The van der Waals surface area contributed by atoms with Crippen molar-refractivity contribution in [2.24, 2.45) is 4.99 Å². The number of ether oxygens (including phenoxy) is 1. The number of nitrogens with zero attached hydrogens (tertiary/aromatic N) is 4. The maximum absolute atomic E-state index is 11.4. The van der Waals surface area contributed by atoms with Crippen molar-refractivity contribution in [3.8, 4) is 5.75 Å². The van der Waals surface area contributed by atoms with E-state index in [-0.39, 0.29) is 29.9 Å². The minimum Gasteiger partial charge on any atom is -0.495 e. The molecule has 0 radical (unpaired) electrons. The number of anilines is 1. The fraction of sp³-hybridized carbons (Fsp3) is 0.619. The van der Waals surface area contributed by atoms with Crippen LogP contribution in [0.2, 0.25) is 0 Å². The summed E-state index contributed by atoms with van der Waals surface area (Å²) in [6, 6.07) is 8.52. The minimum atomic E-state index is 0. The summed E-state index contributed by atoms with van der Waals surface area (Å²) < 4.78 is 5.50. The van der Waals surface area contributed by atoms with Crippen molar-refractivity contribution in [1.82, 2.24) is 20.4 Å². The lowest BCUT2D eigenvalue weighted by Gasteiger charge is -2.34. The Labute approximate surface area is 197 Å². The molecule has 8 nitrogen and oxygen atoms in total. The molecule has 1 unspecified atom stereocenters. The molecular weight excluding hydrogens is 495 g/mol. The van der Waals surface area contributed by atoms with E-state index in [1.54, 1.807) is 14.0 Å². The van der Waals surface area contributed by atoms with Gasteiger partial charge in [-0.25, -0.2) is 0 Å². The van der Waals surface area contributed by atoms with Crippen LogP contribution in [0.25, 0.3) is 0 Å². The molecule has 1 aromatic carbocycles. The van der Waals surface area contributed by atoms with E-state index in [2.05, 4.69) is 37.6 Å². The number of para-hydroxylation sites is 2. The van der Waals surface area contributed by atoms with Crippen molar-refractivity contribution in [2.45, 2.75) is 19.4 Å². The number of hydrogen-bond donors (Lipinski definition) is 2. The van der Waals surface area contributed by atoms with Crippen molar-refractivity contribution in [2.75, 3.05) is 71.4 Å². The normalized spacial score (nSPS) is 20.0. The first-order valence-electron chi connectivity index (χ1n) is 10.4. The number of amides is 1. The number of piperazine rings is 1. The van der Waals surface area contributed by atoms with Crippen LogP contribution in [0.3, 0.4) is 0 Å². The number of rotatable bonds is 6. The second-order valence-corrected chi connectivity index (χ2v) is 7.59. The summed E-state index contributed by atoms with van der Waals surface area (Å²) in [6.45, 7) is 8.86. The van der Waals surface area contributed by atoms with Gasteiger partial charge in [-0.15, -0.1) is 24.0 Å². The third kappa shape index (κ3) is 6.63. The van der Waals surface area contributed by atoms with Crippen molar-refractivity contribution < 1.29 is 9.53 Å². The van der Waals surface area contributed by atoms with E-state index in [0.717, 1.165) is 76.2 Å². The summed E-state index contributed by atoms with van der Waals surface area (Å²) >= 11 is 0. The molecule has 0 bridgehead atoms. The highest BCUT2D eigenvalue weighted by molar-refractivity contribution is 14.0. The Bertz CT molecular complexity index is 708. The van der Waals surface area contributed by atoms with Crippen LogP contribution in [0.1, 0.15) is 13.3 Å². The molecule has 0 aromatic heterocycles. The van der Waals surface area contributed by atoms with E-state index in [1.807, 2.05) is 24.1 Å². The lowest BCUT2D eigenvalue weighted by Crippen LogP contribution is -2.51. The van der Waals surface area contributed by atoms with Crippen molar-refractivity contribution in [3.05, 3.63) is 24.3 Å². The van der Waals surface area contributed by atoms with Gasteiger partial charge >= 0.3 is 0 Å². The van der Waals surface area contributed by atoms with Gasteiger partial charge in [-0.05, 0) is 18.6 Å². The van der Waals surface area contributed by atoms with Gasteiger partial charge in [0.2, 0.25) is 5.91 Å². The molecule has 168 valence electrons. The van der Waals surface area contributed by atoms with Gasteiger partial charge in [0.05, 0.1) is 12.8 Å². The third-order valence-corrected chi connectivity index (χ3v) is 5.72. The van der Waals surface area contributed by atoms with E-state index in [1.165, 1.54) is 0 Å². The SMILES string of the molecule is CN=C(NCCN1CCN(C(C)=O)CC1)NC1CCN(c2ccccc2OC)C1.I. The number of carbonyl (C=O) groups is 1. The third-order valence-electron chi connectivity index (χ3n) is 5.72. The quantitative estimate of drug-likeness (QED) is 0.328. The van der Waals surface area contributed by atoms with Gasteiger partial charge in [-0.1, -0.05) is 12.1 Å². The van der Waals surface area contributed by atoms with Gasteiger partial charge in [0.15, 0.2) is 5.96 Å². The zero-order valence-electron chi connectivity index (χ0n) is 18.3. The number of benzene rings is 1. The predicted molar refractivity (Wildman–Crippen MR) is 132 cm³/mol. The number of methoxy groups -OCH3 is 1. The number of carbonyl (C=O) groups excluding carboxylic acids is 1. The molecule has 2 saturated heterocycles. The van der Waals surface area contributed by atoms with E-state index in [0.29, 0.717) is 6.04 Å². The Hall–Kier alpha value is -1.75. The highest BCUT2D eigenvalue weighted by Gasteiger charge is 2.25. The molecule has 9 heteroatoms. The Morgan fingerprint density at radius 1 is 1.20 bits per heavy atom. The molecule has 1 aromatic rings. The van der Waals surface area contributed by atoms with E-state index < -0.39 is 0 Å². The molecule has 0 spiro atoms. The molecule has 30 heavy (non-hydrogen) atoms. The number of hydrogen-bond acceptors (Lipinski definition) is 5. The molecule has 3 rings (SSSR count). The zero-order chi connectivity index (χ0) is 20.6. The van der Waals surface area contributed by atoms with Crippen molar-refractivity contribution in [3.63, 3.8) is 0 Å². The highest BCUT2D eigenvalue weighted by Crippen LogP contribution is 2.30. The topological polar surface area (TPSA) is 72.4 Å². The van der Waals surface area contributed by atoms with Gasteiger partial charge in [-0.3, -0.25) is 14.7 Å². The first kappa shape index (κ1) is 24.5.